The standard InChI is InChI=1S/C22H29N5O3/c1-29-17-6-7-20(30-2)18(15-17)19-5-3-10-27(19)16-21(28)25-11-13-26(14-12-25)22-23-8-4-9-24-22/h4,6-9,15,19H,3,5,10-14,16H2,1-2H3/t19-/m0/s1. The largest absolute Gasteiger partial charge is 0.497 e. The molecule has 8 heteroatoms. The lowest BCUT2D eigenvalue weighted by Crippen LogP contribution is -2.51. The van der Waals surface area contributed by atoms with Crippen LogP contribution < -0.4 is 14.4 Å². The molecule has 4 rings (SSSR count). The lowest BCUT2D eigenvalue weighted by atomic mass is 10.0. The van der Waals surface area contributed by atoms with Crippen molar-refractivity contribution in [1.29, 1.82) is 0 Å². The predicted molar refractivity (Wildman–Crippen MR) is 114 cm³/mol. The fourth-order valence-corrected chi connectivity index (χ4v) is 4.35. The van der Waals surface area contributed by atoms with E-state index in [1.807, 2.05) is 29.2 Å². The Kier molecular flexibility index (Phi) is 6.32. The van der Waals surface area contributed by atoms with Gasteiger partial charge in [0.05, 0.1) is 20.8 Å². The van der Waals surface area contributed by atoms with E-state index < -0.39 is 0 Å². The van der Waals surface area contributed by atoms with Crippen LogP contribution in [0.1, 0.15) is 24.4 Å². The van der Waals surface area contributed by atoms with E-state index in [1.54, 1.807) is 26.6 Å². The van der Waals surface area contributed by atoms with E-state index in [9.17, 15) is 4.79 Å². The van der Waals surface area contributed by atoms with Crippen molar-refractivity contribution in [1.82, 2.24) is 19.8 Å². The fourth-order valence-electron chi connectivity index (χ4n) is 4.35. The normalized spacial score (nSPS) is 19.7. The minimum atomic E-state index is 0.165. The van der Waals surface area contributed by atoms with Crippen LogP contribution in [0.5, 0.6) is 11.5 Å². The van der Waals surface area contributed by atoms with Crippen LogP contribution >= 0.6 is 0 Å². The summed E-state index contributed by atoms with van der Waals surface area (Å²) in [5, 5.41) is 0. The summed E-state index contributed by atoms with van der Waals surface area (Å²) in [6.45, 7) is 4.23. The van der Waals surface area contributed by atoms with Gasteiger partial charge in [0.1, 0.15) is 11.5 Å². The van der Waals surface area contributed by atoms with Gasteiger partial charge in [0.15, 0.2) is 0 Å². The van der Waals surface area contributed by atoms with Crippen LogP contribution in [0.4, 0.5) is 5.95 Å². The Morgan fingerprint density at radius 2 is 1.83 bits per heavy atom. The molecule has 1 atom stereocenters. The molecule has 0 radical (unpaired) electrons. The summed E-state index contributed by atoms with van der Waals surface area (Å²) in [5.74, 6) is 2.56. The van der Waals surface area contributed by atoms with Gasteiger partial charge < -0.3 is 19.3 Å². The van der Waals surface area contributed by atoms with Crippen LogP contribution in [0, 0.1) is 0 Å². The monoisotopic (exact) mass is 411 g/mol. The Morgan fingerprint density at radius 1 is 1.07 bits per heavy atom. The maximum absolute atomic E-state index is 13.0. The summed E-state index contributed by atoms with van der Waals surface area (Å²) in [7, 11) is 3.35. The van der Waals surface area contributed by atoms with Crippen molar-refractivity contribution in [3.8, 4) is 11.5 Å². The van der Waals surface area contributed by atoms with E-state index in [1.165, 1.54) is 0 Å². The first-order chi connectivity index (χ1) is 14.7. The van der Waals surface area contributed by atoms with Gasteiger partial charge in [-0.1, -0.05) is 0 Å². The molecule has 30 heavy (non-hydrogen) atoms. The number of hydrogen-bond donors (Lipinski definition) is 0. The number of benzene rings is 1. The topological polar surface area (TPSA) is 71.0 Å². The number of nitrogens with zero attached hydrogens (tertiary/aromatic N) is 5. The number of carbonyl (C=O) groups is 1. The number of aromatic nitrogens is 2. The molecule has 2 aliphatic rings. The number of amides is 1. The van der Waals surface area contributed by atoms with E-state index in [-0.39, 0.29) is 11.9 Å². The van der Waals surface area contributed by atoms with E-state index >= 15 is 0 Å². The van der Waals surface area contributed by atoms with E-state index in [0.29, 0.717) is 19.6 Å². The molecule has 2 fully saturated rings. The summed E-state index contributed by atoms with van der Waals surface area (Å²) in [6.07, 6.45) is 5.58. The van der Waals surface area contributed by atoms with Crippen molar-refractivity contribution in [3.63, 3.8) is 0 Å². The molecule has 1 aromatic heterocycles. The van der Waals surface area contributed by atoms with Crippen molar-refractivity contribution >= 4 is 11.9 Å². The van der Waals surface area contributed by atoms with Crippen LogP contribution in [-0.4, -0.2) is 79.2 Å². The Hall–Kier alpha value is -2.87. The van der Waals surface area contributed by atoms with E-state index in [4.69, 9.17) is 9.47 Å². The van der Waals surface area contributed by atoms with Gasteiger partial charge in [-0.15, -0.1) is 0 Å². The summed E-state index contributed by atoms with van der Waals surface area (Å²) >= 11 is 0. The van der Waals surface area contributed by atoms with Crippen LogP contribution in [0.2, 0.25) is 0 Å². The van der Waals surface area contributed by atoms with Gasteiger partial charge >= 0.3 is 0 Å². The molecule has 0 N–H and O–H groups in total. The van der Waals surface area contributed by atoms with Crippen molar-refractivity contribution in [2.75, 3.05) is 58.4 Å². The Balaban J connectivity index is 1.39. The predicted octanol–water partition coefficient (Wildman–Crippen LogP) is 1.98. The first-order valence-corrected chi connectivity index (χ1v) is 10.5. The van der Waals surface area contributed by atoms with E-state index in [2.05, 4.69) is 19.8 Å². The molecule has 8 nitrogen and oxygen atoms in total. The maximum atomic E-state index is 13.0. The second-order valence-corrected chi connectivity index (χ2v) is 7.65. The second kappa shape index (κ2) is 9.30. The molecule has 2 aromatic rings. The number of hydrogen-bond acceptors (Lipinski definition) is 7. The number of methoxy groups -OCH3 is 2. The quantitative estimate of drug-likeness (QED) is 0.720. The van der Waals surface area contributed by atoms with Gasteiger partial charge in [-0.3, -0.25) is 9.69 Å². The molecule has 2 aliphatic heterocycles. The molecular weight excluding hydrogens is 382 g/mol. The lowest BCUT2D eigenvalue weighted by molar-refractivity contribution is -0.133. The number of rotatable bonds is 6. The van der Waals surface area contributed by atoms with Crippen molar-refractivity contribution in [2.45, 2.75) is 18.9 Å². The molecule has 0 saturated carbocycles. The van der Waals surface area contributed by atoms with E-state index in [0.717, 1.165) is 55.5 Å². The number of piperazine rings is 1. The molecule has 0 spiro atoms. The first-order valence-electron chi connectivity index (χ1n) is 10.5. The van der Waals surface area contributed by atoms with Gasteiger partial charge in [-0.25, -0.2) is 9.97 Å². The highest BCUT2D eigenvalue weighted by molar-refractivity contribution is 5.78. The highest BCUT2D eigenvalue weighted by Crippen LogP contribution is 2.38. The second-order valence-electron chi connectivity index (χ2n) is 7.65. The molecular formula is C22H29N5O3. The highest BCUT2D eigenvalue weighted by Gasteiger charge is 2.32. The molecule has 160 valence electrons. The molecule has 2 saturated heterocycles. The minimum Gasteiger partial charge on any atom is -0.497 e. The number of likely N-dealkylation sites (tertiary alicyclic amines) is 1. The summed E-state index contributed by atoms with van der Waals surface area (Å²) in [5.41, 5.74) is 1.09. The molecule has 0 aliphatic carbocycles. The minimum absolute atomic E-state index is 0.165. The van der Waals surface area contributed by atoms with Crippen LogP contribution in [0.15, 0.2) is 36.7 Å². The third-order valence-electron chi connectivity index (χ3n) is 5.97. The summed E-state index contributed by atoms with van der Waals surface area (Å²) in [4.78, 5) is 28.0. The van der Waals surface area contributed by atoms with Gasteiger partial charge in [0, 0.05) is 50.2 Å². The van der Waals surface area contributed by atoms with Crippen molar-refractivity contribution < 1.29 is 14.3 Å². The van der Waals surface area contributed by atoms with Gasteiger partial charge in [0.25, 0.3) is 0 Å². The summed E-state index contributed by atoms with van der Waals surface area (Å²) in [6, 6.07) is 7.86. The summed E-state index contributed by atoms with van der Waals surface area (Å²) < 4.78 is 11.0. The van der Waals surface area contributed by atoms with Gasteiger partial charge in [-0.05, 0) is 43.7 Å². The van der Waals surface area contributed by atoms with Crippen LogP contribution in [-0.2, 0) is 4.79 Å². The molecule has 0 bridgehead atoms. The SMILES string of the molecule is COc1ccc(OC)c([C@@H]2CCCN2CC(=O)N2CCN(c3ncccn3)CC2)c1. The van der Waals surface area contributed by atoms with Crippen LogP contribution in [0.3, 0.4) is 0 Å². The van der Waals surface area contributed by atoms with Gasteiger partial charge in [0.2, 0.25) is 11.9 Å². The Bertz CT molecular complexity index is 855. The number of carbonyl (C=O) groups excluding carboxylic acids is 1. The Labute approximate surface area is 177 Å². The first kappa shape index (κ1) is 20.4. The third-order valence-corrected chi connectivity index (χ3v) is 5.97. The van der Waals surface area contributed by atoms with Crippen LogP contribution in [0.25, 0.3) is 0 Å². The zero-order valence-corrected chi connectivity index (χ0v) is 17.7. The molecule has 0 unspecified atom stereocenters. The molecule has 1 amide bonds. The third kappa shape index (κ3) is 4.33. The van der Waals surface area contributed by atoms with Crippen molar-refractivity contribution in [3.05, 3.63) is 42.2 Å². The average molecular weight is 412 g/mol. The zero-order chi connectivity index (χ0) is 20.9. The molecule has 1 aromatic carbocycles. The van der Waals surface area contributed by atoms with Gasteiger partial charge in [-0.2, -0.15) is 0 Å². The fraction of sp³-hybridized carbons (Fsp3) is 0.500. The number of anilines is 1. The van der Waals surface area contributed by atoms with Crippen molar-refractivity contribution in [2.24, 2.45) is 0 Å². The lowest BCUT2D eigenvalue weighted by Gasteiger charge is -2.36. The molecule has 3 heterocycles. The zero-order valence-electron chi connectivity index (χ0n) is 17.7. The number of ether oxygens (including phenoxy) is 2. The average Bonchev–Trinajstić information content (AvgIpc) is 3.27. The Morgan fingerprint density at radius 3 is 2.53 bits per heavy atom. The maximum Gasteiger partial charge on any atom is 0.236 e. The highest BCUT2D eigenvalue weighted by atomic mass is 16.5. The smallest absolute Gasteiger partial charge is 0.236 e.